The standard InChI is InChI=1S/C13H20N2O/c1-3-4-8-14-13(16)7-11-15-9-5-12(2)6-10-15/h5-6,9-10H,3-4,7-8,11H2,1-2H3/p+1. The lowest BCUT2D eigenvalue weighted by Gasteiger charge is -2.02. The predicted molar refractivity (Wildman–Crippen MR) is 63.9 cm³/mol. The van der Waals surface area contributed by atoms with Gasteiger partial charge in [0.15, 0.2) is 18.9 Å². The first-order chi connectivity index (χ1) is 7.72. The number of aryl methyl sites for hydroxylation is 2. The topological polar surface area (TPSA) is 33.0 Å². The van der Waals surface area contributed by atoms with Gasteiger partial charge in [0.1, 0.15) is 0 Å². The Labute approximate surface area is 97.5 Å². The molecule has 0 saturated carbocycles. The summed E-state index contributed by atoms with van der Waals surface area (Å²) in [5.74, 6) is 0.140. The summed E-state index contributed by atoms with van der Waals surface area (Å²) < 4.78 is 2.03. The average molecular weight is 221 g/mol. The lowest BCUT2D eigenvalue weighted by atomic mass is 10.3. The van der Waals surface area contributed by atoms with Gasteiger partial charge in [-0.2, -0.15) is 0 Å². The summed E-state index contributed by atoms with van der Waals surface area (Å²) in [4.78, 5) is 11.4. The number of nitrogens with zero attached hydrogens (tertiary/aromatic N) is 1. The Bertz CT molecular complexity index is 319. The van der Waals surface area contributed by atoms with E-state index in [4.69, 9.17) is 0 Å². The zero-order chi connectivity index (χ0) is 11.8. The lowest BCUT2D eigenvalue weighted by Crippen LogP contribution is -2.36. The van der Waals surface area contributed by atoms with Crippen LogP contribution in [0.15, 0.2) is 24.5 Å². The highest BCUT2D eigenvalue weighted by Gasteiger charge is 2.05. The van der Waals surface area contributed by atoms with Crippen molar-refractivity contribution in [2.24, 2.45) is 0 Å². The molecule has 0 aliphatic carbocycles. The first kappa shape index (κ1) is 12.7. The summed E-state index contributed by atoms with van der Waals surface area (Å²) in [6.45, 7) is 5.72. The largest absolute Gasteiger partial charge is 0.356 e. The van der Waals surface area contributed by atoms with E-state index < -0.39 is 0 Å². The number of hydrogen-bond acceptors (Lipinski definition) is 1. The van der Waals surface area contributed by atoms with E-state index in [1.807, 2.05) is 17.0 Å². The highest BCUT2D eigenvalue weighted by Crippen LogP contribution is 1.91. The summed E-state index contributed by atoms with van der Waals surface area (Å²) in [6, 6.07) is 4.10. The van der Waals surface area contributed by atoms with E-state index in [1.165, 1.54) is 5.56 Å². The molecule has 0 spiro atoms. The molecule has 1 N–H and O–H groups in total. The maximum absolute atomic E-state index is 11.4. The Morgan fingerprint density at radius 1 is 1.38 bits per heavy atom. The number of aromatic nitrogens is 1. The molecule has 0 radical (unpaired) electrons. The molecule has 0 bridgehead atoms. The van der Waals surface area contributed by atoms with E-state index in [2.05, 4.69) is 31.3 Å². The van der Waals surface area contributed by atoms with Crippen molar-refractivity contribution in [1.29, 1.82) is 0 Å². The summed E-state index contributed by atoms with van der Waals surface area (Å²) in [6.07, 6.45) is 6.75. The maximum Gasteiger partial charge on any atom is 0.226 e. The van der Waals surface area contributed by atoms with Crippen LogP contribution in [0.3, 0.4) is 0 Å². The molecule has 0 aromatic carbocycles. The van der Waals surface area contributed by atoms with Gasteiger partial charge in [-0.3, -0.25) is 4.79 Å². The van der Waals surface area contributed by atoms with Gasteiger partial charge in [-0.1, -0.05) is 13.3 Å². The van der Waals surface area contributed by atoms with E-state index in [1.54, 1.807) is 0 Å². The first-order valence-corrected chi connectivity index (χ1v) is 5.94. The number of unbranched alkanes of at least 4 members (excludes halogenated alkanes) is 1. The molecule has 0 aliphatic rings. The second kappa shape index (κ2) is 6.99. The minimum Gasteiger partial charge on any atom is -0.356 e. The third-order valence-electron chi connectivity index (χ3n) is 2.51. The van der Waals surface area contributed by atoms with Crippen molar-refractivity contribution in [2.45, 2.75) is 39.7 Å². The third-order valence-corrected chi connectivity index (χ3v) is 2.51. The van der Waals surface area contributed by atoms with Crippen LogP contribution in [-0.4, -0.2) is 12.5 Å². The van der Waals surface area contributed by atoms with Gasteiger partial charge >= 0.3 is 0 Å². The molecule has 3 nitrogen and oxygen atoms in total. The van der Waals surface area contributed by atoms with Gasteiger partial charge in [-0.05, 0) is 18.9 Å². The van der Waals surface area contributed by atoms with Gasteiger partial charge in [0.2, 0.25) is 5.91 Å². The van der Waals surface area contributed by atoms with Crippen molar-refractivity contribution in [3.8, 4) is 0 Å². The summed E-state index contributed by atoms with van der Waals surface area (Å²) >= 11 is 0. The number of hydrogen-bond donors (Lipinski definition) is 1. The Kier molecular flexibility index (Phi) is 5.54. The van der Waals surface area contributed by atoms with Gasteiger partial charge in [-0.15, -0.1) is 0 Å². The van der Waals surface area contributed by atoms with Crippen molar-refractivity contribution in [3.05, 3.63) is 30.1 Å². The Morgan fingerprint density at radius 3 is 2.69 bits per heavy atom. The Balaban J connectivity index is 2.23. The van der Waals surface area contributed by atoms with Crippen molar-refractivity contribution >= 4 is 5.91 Å². The van der Waals surface area contributed by atoms with Crippen LogP contribution >= 0.6 is 0 Å². The summed E-state index contributed by atoms with van der Waals surface area (Å²) in [7, 11) is 0. The number of carbonyl (C=O) groups excluding carboxylic acids is 1. The van der Waals surface area contributed by atoms with Crippen molar-refractivity contribution < 1.29 is 9.36 Å². The SMILES string of the molecule is CCCCNC(=O)CC[n+]1ccc(C)cc1. The zero-order valence-corrected chi connectivity index (χ0v) is 10.2. The van der Waals surface area contributed by atoms with Gasteiger partial charge in [0, 0.05) is 18.7 Å². The van der Waals surface area contributed by atoms with Crippen LogP contribution < -0.4 is 9.88 Å². The molecular weight excluding hydrogens is 200 g/mol. The molecule has 1 aromatic heterocycles. The molecule has 1 amide bonds. The van der Waals surface area contributed by atoms with Crippen molar-refractivity contribution in [1.82, 2.24) is 5.32 Å². The van der Waals surface area contributed by atoms with Crippen LogP contribution in [0.2, 0.25) is 0 Å². The number of rotatable bonds is 6. The molecule has 0 atom stereocenters. The average Bonchev–Trinajstić information content (AvgIpc) is 2.29. The van der Waals surface area contributed by atoms with Crippen molar-refractivity contribution in [2.75, 3.05) is 6.54 Å². The molecule has 0 aliphatic heterocycles. The van der Waals surface area contributed by atoms with Crippen molar-refractivity contribution in [3.63, 3.8) is 0 Å². The lowest BCUT2D eigenvalue weighted by molar-refractivity contribution is -0.695. The minimum absolute atomic E-state index is 0.140. The third kappa shape index (κ3) is 4.91. The number of carbonyl (C=O) groups is 1. The Morgan fingerprint density at radius 2 is 2.06 bits per heavy atom. The molecule has 3 heteroatoms. The molecule has 0 saturated heterocycles. The predicted octanol–water partition coefficient (Wildman–Crippen LogP) is 1.59. The van der Waals surface area contributed by atoms with Gasteiger partial charge < -0.3 is 5.32 Å². The van der Waals surface area contributed by atoms with Gasteiger partial charge in [0.05, 0.1) is 6.42 Å². The van der Waals surface area contributed by atoms with Crippen LogP contribution in [0, 0.1) is 6.92 Å². The smallest absolute Gasteiger partial charge is 0.226 e. The number of amides is 1. The molecule has 88 valence electrons. The molecule has 1 aromatic rings. The van der Waals surface area contributed by atoms with E-state index >= 15 is 0 Å². The summed E-state index contributed by atoms with van der Waals surface area (Å²) in [5, 5.41) is 2.91. The second-order valence-corrected chi connectivity index (χ2v) is 4.07. The van der Waals surface area contributed by atoms with Crippen LogP contribution in [0.4, 0.5) is 0 Å². The molecule has 0 fully saturated rings. The molecule has 0 unspecified atom stereocenters. The van der Waals surface area contributed by atoms with E-state index in [-0.39, 0.29) is 5.91 Å². The fourth-order valence-corrected chi connectivity index (χ4v) is 1.40. The fourth-order valence-electron chi connectivity index (χ4n) is 1.40. The van der Waals surface area contributed by atoms with Gasteiger partial charge in [-0.25, -0.2) is 4.57 Å². The maximum atomic E-state index is 11.4. The Hall–Kier alpha value is -1.38. The summed E-state index contributed by atoms with van der Waals surface area (Å²) in [5.41, 5.74) is 1.24. The van der Waals surface area contributed by atoms with Crippen LogP contribution in [-0.2, 0) is 11.3 Å². The van der Waals surface area contributed by atoms with E-state index in [0.29, 0.717) is 6.42 Å². The number of nitrogens with one attached hydrogen (secondary N) is 1. The first-order valence-electron chi connectivity index (χ1n) is 5.94. The molecule has 16 heavy (non-hydrogen) atoms. The normalized spacial score (nSPS) is 10.1. The molecule has 1 rings (SSSR count). The van der Waals surface area contributed by atoms with Crippen LogP contribution in [0.1, 0.15) is 31.7 Å². The second-order valence-electron chi connectivity index (χ2n) is 4.07. The van der Waals surface area contributed by atoms with E-state index in [9.17, 15) is 4.79 Å². The molecular formula is C13H21N2O+. The quantitative estimate of drug-likeness (QED) is 0.574. The highest BCUT2D eigenvalue weighted by molar-refractivity contribution is 5.75. The van der Waals surface area contributed by atoms with E-state index in [0.717, 1.165) is 25.9 Å². The van der Waals surface area contributed by atoms with Crippen LogP contribution in [0.5, 0.6) is 0 Å². The molecule has 1 heterocycles. The highest BCUT2D eigenvalue weighted by atomic mass is 16.1. The minimum atomic E-state index is 0.140. The van der Waals surface area contributed by atoms with Crippen LogP contribution in [0.25, 0.3) is 0 Å². The fraction of sp³-hybridized carbons (Fsp3) is 0.538. The monoisotopic (exact) mass is 221 g/mol. The zero-order valence-electron chi connectivity index (χ0n) is 10.2. The van der Waals surface area contributed by atoms with Gasteiger partial charge in [0.25, 0.3) is 0 Å². The number of pyridine rings is 1.